The summed E-state index contributed by atoms with van der Waals surface area (Å²) >= 11 is 2.07. The zero-order valence-corrected chi connectivity index (χ0v) is 12.4. The summed E-state index contributed by atoms with van der Waals surface area (Å²) in [6.07, 6.45) is 14.7. The van der Waals surface area contributed by atoms with Crippen LogP contribution in [-0.2, 0) is 0 Å². The van der Waals surface area contributed by atoms with Crippen molar-refractivity contribution in [2.75, 3.05) is 12.4 Å². The Morgan fingerprint density at radius 2 is 2.00 bits per heavy atom. The van der Waals surface area contributed by atoms with E-state index < -0.39 is 0 Å². The van der Waals surface area contributed by atoms with Crippen LogP contribution in [0.4, 0.5) is 0 Å². The molecule has 106 valence electrons. The maximum absolute atomic E-state index is 5.91. The summed E-state index contributed by atoms with van der Waals surface area (Å²) < 4.78 is 8.04. The van der Waals surface area contributed by atoms with Crippen LogP contribution in [0.1, 0.15) is 57.4 Å². The van der Waals surface area contributed by atoms with Crippen molar-refractivity contribution in [1.29, 1.82) is 0 Å². The number of hydrogen-bond acceptors (Lipinski definition) is 3. The lowest BCUT2D eigenvalue weighted by atomic mass is 9.96. The number of hydrogen-bond donors (Lipinski definition) is 0. The maximum atomic E-state index is 5.91. The lowest BCUT2D eigenvalue weighted by molar-refractivity contribution is 0.304. The number of rotatable bonds is 4. The molecule has 19 heavy (non-hydrogen) atoms. The van der Waals surface area contributed by atoms with E-state index in [2.05, 4.69) is 27.7 Å². The Hall–Kier alpha value is -0.640. The van der Waals surface area contributed by atoms with Crippen LogP contribution >= 0.6 is 11.8 Å². The minimum absolute atomic E-state index is 0.607. The Morgan fingerprint density at radius 3 is 2.79 bits per heavy atom. The van der Waals surface area contributed by atoms with Gasteiger partial charge in [0.1, 0.15) is 6.61 Å². The highest BCUT2D eigenvalue weighted by molar-refractivity contribution is 7.99. The zero-order valence-electron chi connectivity index (χ0n) is 11.6. The zero-order chi connectivity index (χ0) is 12.9. The third kappa shape index (κ3) is 3.68. The van der Waals surface area contributed by atoms with Crippen molar-refractivity contribution in [3.05, 3.63) is 12.4 Å². The number of aromatic nitrogens is 2. The molecule has 1 aromatic heterocycles. The average Bonchev–Trinajstić information content (AvgIpc) is 2.96. The first-order valence-electron chi connectivity index (χ1n) is 7.70. The third-order valence-corrected chi connectivity index (χ3v) is 5.60. The Balaban J connectivity index is 1.49. The molecular weight excluding hydrogens is 256 g/mol. The fourth-order valence-corrected chi connectivity index (χ4v) is 4.27. The third-order valence-electron chi connectivity index (χ3n) is 4.24. The standard InChI is InChI=1S/C15H24N2OS/c1-2-6-13(7-3-1)17-11-14(10-16-17)18-12-15-8-4-5-9-19-15/h10-11,13,15H,1-9,12H2. The highest BCUT2D eigenvalue weighted by Crippen LogP contribution is 2.29. The fourth-order valence-electron chi connectivity index (χ4n) is 3.07. The van der Waals surface area contributed by atoms with Gasteiger partial charge in [-0.2, -0.15) is 16.9 Å². The Bertz CT molecular complexity index is 381. The van der Waals surface area contributed by atoms with Gasteiger partial charge in [-0.1, -0.05) is 25.7 Å². The van der Waals surface area contributed by atoms with Crippen molar-refractivity contribution < 1.29 is 4.74 Å². The lowest BCUT2D eigenvalue weighted by Gasteiger charge is -2.22. The molecule has 1 saturated carbocycles. The van der Waals surface area contributed by atoms with Crippen LogP contribution in [0.3, 0.4) is 0 Å². The van der Waals surface area contributed by atoms with Gasteiger partial charge in [0.15, 0.2) is 5.75 Å². The molecule has 1 saturated heterocycles. The van der Waals surface area contributed by atoms with Crippen molar-refractivity contribution in [2.24, 2.45) is 0 Å². The molecule has 1 aromatic rings. The molecule has 2 heterocycles. The molecule has 1 unspecified atom stereocenters. The van der Waals surface area contributed by atoms with Crippen LogP contribution in [0.15, 0.2) is 12.4 Å². The van der Waals surface area contributed by atoms with Crippen LogP contribution in [0.5, 0.6) is 5.75 Å². The van der Waals surface area contributed by atoms with E-state index in [0.717, 1.165) is 12.4 Å². The SMILES string of the molecule is c1nn(C2CCCCC2)cc1OCC1CCCCS1. The molecule has 0 radical (unpaired) electrons. The molecule has 0 aromatic carbocycles. The van der Waals surface area contributed by atoms with Gasteiger partial charge in [-0.15, -0.1) is 0 Å². The summed E-state index contributed by atoms with van der Waals surface area (Å²) in [6.45, 7) is 0.848. The molecule has 4 heteroatoms. The van der Waals surface area contributed by atoms with E-state index in [9.17, 15) is 0 Å². The van der Waals surface area contributed by atoms with Gasteiger partial charge >= 0.3 is 0 Å². The largest absolute Gasteiger partial charge is 0.489 e. The first-order chi connectivity index (χ1) is 9.42. The number of thioether (sulfide) groups is 1. The minimum Gasteiger partial charge on any atom is -0.489 e. The van der Waals surface area contributed by atoms with Gasteiger partial charge in [-0.05, 0) is 31.4 Å². The van der Waals surface area contributed by atoms with Crippen LogP contribution < -0.4 is 4.74 Å². The molecule has 3 rings (SSSR count). The van der Waals surface area contributed by atoms with Crippen LogP contribution in [0.2, 0.25) is 0 Å². The lowest BCUT2D eigenvalue weighted by Crippen LogP contribution is -2.18. The quantitative estimate of drug-likeness (QED) is 0.832. The summed E-state index contributed by atoms with van der Waals surface area (Å²) in [7, 11) is 0. The van der Waals surface area contributed by atoms with Gasteiger partial charge in [0, 0.05) is 5.25 Å². The monoisotopic (exact) mass is 280 g/mol. The highest BCUT2D eigenvalue weighted by Gasteiger charge is 2.17. The molecule has 1 aliphatic heterocycles. The predicted octanol–water partition coefficient (Wildman–Crippen LogP) is 4.05. The van der Waals surface area contributed by atoms with Crippen molar-refractivity contribution in [3.63, 3.8) is 0 Å². The van der Waals surface area contributed by atoms with Crippen molar-refractivity contribution in [3.8, 4) is 5.75 Å². The number of nitrogens with zero attached hydrogens (tertiary/aromatic N) is 2. The second-order valence-corrected chi connectivity index (χ2v) is 7.16. The Kier molecular flexibility index (Phi) is 4.70. The molecule has 1 aliphatic carbocycles. The Morgan fingerprint density at radius 1 is 1.16 bits per heavy atom. The van der Waals surface area contributed by atoms with Crippen LogP contribution in [0, 0.1) is 0 Å². The van der Waals surface area contributed by atoms with Crippen molar-refractivity contribution in [2.45, 2.75) is 62.7 Å². The average molecular weight is 280 g/mol. The van der Waals surface area contributed by atoms with Gasteiger partial charge in [0.05, 0.1) is 18.4 Å². The number of ether oxygens (including phenoxy) is 1. The van der Waals surface area contributed by atoms with E-state index in [1.54, 1.807) is 0 Å². The molecule has 0 N–H and O–H groups in total. The van der Waals surface area contributed by atoms with Gasteiger partial charge in [-0.25, -0.2) is 0 Å². The molecule has 2 fully saturated rings. The fraction of sp³-hybridized carbons (Fsp3) is 0.800. The summed E-state index contributed by atoms with van der Waals surface area (Å²) in [4.78, 5) is 0. The van der Waals surface area contributed by atoms with Crippen LogP contribution in [0.25, 0.3) is 0 Å². The maximum Gasteiger partial charge on any atom is 0.157 e. The first kappa shape index (κ1) is 13.3. The smallest absolute Gasteiger partial charge is 0.157 e. The first-order valence-corrected chi connectivity index (χ1v) is 8.75. The van der Waals surface area contributed by atoms with Gasteiger partial charge in [0.25, 0.3) is 0 Å². The van der Waals surface area contributed by atoms with Crippen LogP contribution in [-0.4, -0.2) is 27.4 Å². The van der Waals surface area contributed by atoms with E-state index in [1.807, 2.05) is 6.20 Å². The topological polar surface area (TPSA) is 27.1 Å². The second kappa shape index (κ2) is 6.69. The van der Waals surface area contributed by atoms with Gasteiger partial charge < -0.3 is 4.74 Å². The molecule has 0 amide bonds. The minimum atomic E-state index is 0.607. The Labute approximate surface area is 120 Å². The summed E-state index contributed by atoms with van der Waals surface area (Å²) in [5.41, 5.74) is 0. The van der Waals surface area contributed by atoms with Crippen molar-refractivity contribution >= 4 is 11.8 Å². The van der Waals surface area contributed by atoms with E-state index in [0.29, 0.717) is 11.3 Å². The van der Waals surface area contributed by atoms with Crippen molar-refractivity contribution in [1.82, 2.24) is 9.78 Å². The predicted molar refractivity (Wildman–Crippen MR) is 79.9 cm³/mol. The van der Waals surface area contributed by atoms with E-state index in [1.165, 1.54) is 57.1 Å². The van der Waals surface area contributed by atoms with E-state index in [4.69, 9.17) is 4.74 Å². The molecule has 0 spiro atoms. The summed E-state index contributed by atoms with van der Waals surface area (Å²) in [5, 5.41) is 5.18. The molecule has 2 aliphatic rings. The second-order valence-electron chi connectivity index (χ2n) is 5.75. The van der Waals surface area contributed by atoms with Gasteiger partial charge in [0.2, 0.25) is 0 Å². The molecule has 1 atom stereocenters. The highest BCUT2D eigenvalue weighted by atomic mass is 32.2. The normalized spacial score (nSPS) is 25.4. The summed E-state index contributed by atoms with van der Waals surface area (Å²) in [5.74, 6) is 2.26. The van der Waals surface area contributed by atoms with Gasteiger partial charge in [-0.3, -0.25) is 4.68 Å². The molecular formula is C15H24N2OS. The van der Waals surface area contributed by atoms with E-state index in [-0.39, 0.29) is 0 Å². The molecule has 3 nitrogen and oxygen atoms in total. The summed E-state index contributed by atoms with van der Waals surface area (Å²) in [6, 6.07) is 0.607. The molecule has 0 bridgehead atoms. The van der Waals surface area contributed by atoms with E-state index >= 15 is 0 Å².